The number of piperidine rings is 2. The summed E-state index contributed by atoms with van der Waals surface area (Å²) in [6, 6.07) is 1.36. The van der Waals surface area contributed by atoms with Crippen LogP contribution in [0.25, 0.3) is 0 Å². The molecule has 0 amide bonds. The van der Waals surface area contributed by atoms with E-state index in [4.69, 9.17) is 4.74 Å². The molecule has 0 bridgehead atoms. The lowest BCUT2D eigenvalue weighted by atomic mass is 9.94. The highest BCUT2D eigenvalue weighted by Crippen LogP contribution is 2.25. The van der Waals surface area contributed by atoms with Gasteiger partial charge >= 0.3 is 5.97 Å². The molecular formula is C26H50N2O2. The number of likely N-dealkylation sites (tertiary alicyclic amines) is 1. The molecule has 30 heavy (non-hydrogen) atoms. The van der Waals surface area contributed by atoms with Crippen LogP contribution < -0.4 is 5.32 Å². The van der Waals surface area contributed by atoms with Gasteiger partial charge in [-0.2, -0.15) is 0 Å². The third-order valence-corrected chi connectivity index (χ3v) is 7.15. The van der Waals surface area contributed by atoms with Gasteiger partial charge in [-0.25, -0.2) is 0 Å². The van der Waals surface area contributed by atoms with Gasteiger partial charge in [0.15, 0.2) is 0 Å². The van der Waals surface area contributed by atoms with Gasteiger partial charge in [0.25, 0.3) is 0 Å². The van der Waals surface area contributed by atoms with Crippen molar-refractivity contribution in [1.29, 1.82) is 0 Å². The van der Waals surface area contributed by atoms with E-state index < -0.39 is 0 Å². The Hall–Kier alpha value is -0.610. The normalized spacial score (nSPS) is 21.0. The Balaban J connectivity index is 1.44. The first-order chi connectivity index (χ1) is 14.8. The number of ether oxygens (including phenoxy) is 1. The molecule has 4 nitrogen and oxygen atoms in total. The van der Waals surface area contributed by atoms with E-state index in [1.807, 2.05) is 0 Å². The van der Waals surface area contributed by atoms with Crippen LogP contribution in [0.4, 0.5) is 0 Å². The second-order valence-corrected chi connectivity index (χ2v) is 9.66. The highest BCUT2D eigenvalue weighted by Gasteiger charge is 2.29. The van der Waals surface area contributed by atoms with Crippen molar-refractivity contribution in [3.63, 3.8) is 0 Å². The Morgan fingerprint density at radius 2 is 1.50 bits per heavy atom. The van der Waals surface area contributed by atoms with Crippen LogP contribution in [0, 0.1) is 0 Å². The van der Waals surface area contributed by atoms with Crippen LogP contribution in [0.3, 0.4) is 0 Å². The number of carbonyl (C=O) groups excluding carboxylic acids is 1. The van der Waals surface area contributed by atoms with E-state index in [0.717, 1.165) is 32.0 Å². The quantitative estimate of drug-likeness (QED) is 0.236. The predicted octanol–water partition coefficient (Wildman–Crippen LogP) is 6.23. The van der Waals surface area contributed by atoms with Gasteiger partial charge in [-0.15, -0.1) is 0 Å². The maximum absolute atomic E-state index is 12.1. The summed E-state index contributed by atoms with van der Waals surface area (Å²) in [6.45, 7) is 6.44. The lowest BCUT2D eigenvalue weighted by molar-refractivity contribution is -0.144. The molecule has 0 aliphatic carbocycles. The average molecular weight is 423 g/mol. The molecule has 1 N–H and O–H groups in total. The summed E-state index contributed by atoms with van der Waals surface area (Å²) in [5.41, 5.74) is 0. The van der Waals surface area contributed by atoms with Crippen LogP contribution in [0.1, 0.15) is 122 Å². The minimum absolute atomic E-state index is 0.0233. The first-order valence-electron chi connectivity index (χ1n) is 13.4. The molecular weight excluding hydrogens is 372 g/mol. The first kappa shape index (κ1) is 25.6. The molecule has 2 aliphatic rings. The van der Waals surface area contributed by atoms with Gasteiger partial charge < -0.3 is 10.1 Å². The molecule has 2 aliphatic heterocycles. The van der Waals surface area contributed by atoms with Crippen LogP contribution in [0.5, 0.6) is 0 Å². The van der Waals surface area contributed by atoms with Crippen molar-refractivity contribution >= 4 is 5.97 Å². The van der Waals surface area contributed by atoms with E-state index in [9.17, 15) is 4.79 Å². The van der Waals surface area contributed by atoms with Crippen LogP contribution in [0.15, 0.2) is 0 Å². The highest BCUT2D eigenvalue weighted by atomic mass is 16.5. The Labute approximate surface area is 186 Å². The molecule has 2 fully saturated rings. The number of unbranched alkanes of at least 4 members (excludes halogenated alkanes) is 10. The van der Waals surface area contributed by atoms with E-state index in [0.29, 0.717) is 19.1 Å². The van der Waals surface area contributed by atoms with Crippen LogP contribution in [-0.4, -0.2) is 49.2 Å². The zero-order chi connectivity index (χ0) is 21.3. The molecule has 0 aromatic heterocycles. The number of esters is 1. The average Bonchev–Trinajstić information content (AvgIpc) is 2.78. The fourth-order valence-corrected chi connectivity index (χ4v) is 5.27. The minimum Gasteiger partial charge on any atom is -0.466 e. The summed E-state index contributed by atoms with van der Waals surface area (Å²) in [5.74, 6) is 0.0233. The third-order valence-electron chi connectivity index (χ3n) is 7.15. The molecule has 2 saturated heterocycles. The van der Waals surface area contributed by atoms with Gasteiger partial charge in [0.1, 0.15) is 0 Å². The molecule has 0 saturated carbocycles. The van der Waals surface area contributed by atoms with Gasteiger partial charge in [-0.1, -0.05) is 77.6 Å². The molecule has 0 radical (unpaired) electrons. The SMILES string of the molecule is CCCCCCCCCCCCCC(=O)OCCC1CCCCN1C1CCNCC1. The van der Waals surface area contributed by atoms with E-state index in [1.165, 1.54) is 103 Å². The van der Waals surface area contributed by atoms with Crippen LogP contribution >= 0.6 is 0 Å². The fraction of sp³-hybridized carbons (Fsp3) is 0.962. The Morgan fingerprint density at radius 3 is 2.17 bits per heavy atom. The minimum atomic E-state index is 0.0233. The fourth-order valence-electron chi connectivity index (χ4n) is 5.27. The largest absolute Gasteiger partial charge is 0.466 e. The number of carbonyl (C=O) groups is 1. The maximum atomic E-state index is 12.1. The smallest absolute Gasteiger partial charge is 0.305 e. The van der Waals surface area contributed by atoms with Crippen molar-refractivity contribution in [2.45, 2.75) is 135 Å². The number of hydrogen-bond donors (Lipinski definition) is 1. The molecule has 1 atom stereocenters. The molecule has 0 spiro atoms. The van der Waals surface area contributed by atoms with Crippen molar-refractivity contribution in [2.24, 2.45) is 0 Å². The predicted molar refractivity (Wildman–Crippen MR) is 127 cm³/mol. The summed E-state index contributed by atoms with van der Waals surface area (Å²) in [6.07, 6.45) is 22.6. The van der Waals surface area contributed by atoms with E-state index in [2.05, 4.69) is 17.1 Å². The lowest BCUT2D eigenvalue weighted by Crippen LogP contribution is -2.50. The van der Waals surface area contributed by atoms with Crippen molar-refractivity contribution in [2.75, 3.05) is 26.2 Å². The van der Waals surface area contributed by atoms with Crippen LogP contribution in [0.2, 0.25) is 0 Å². The zero-order valence-corrected chi connectivity index (χ0v) is 20.0. The number of hydrogen-bond acceptors (Lipinski definition) is 4. The molecule has 1 unspecified atom stereocenters. The molecule has 0 aromatic carbocycles. The molecule has 2 heterocycles. The number of nitrogens with one attached hydrogen (secondary N) is 1. The summed E-state index contributed by atoms with van der Waals surface area (Å²) in [7, 11) is 0. The Morgan fingerprint density at radius 1 is 0.867 bits per heavy atom. The van der Waals surface area contributed by atoms with Gasteiger partial charge in [0, 0.05) is 18.5 Å². The topological polar surface area (TPSA) is 41.6 Å². The maximum Gasteiger partial charge on any atom is 0.305 e. The summed E-state index contributed by atoms with van der Waals surface area (Å²) in [4.78, 5) is 14.8. The standard InChI is InChI=1S/C26H50N2O2/c1-2-3-4-5-6-7-8-9-10-11-12-16-26(29)30-23-19-24-15-13-14-22-28(24)25-17-20-27-21-18-25/h24-25,27H,2-23H2,1H3. The third kappa shape index (κ3) is 11.1. The molecule has 0 aromatic rings. The zero-order valence-electron chi connectivity index (χ0n) is 20.0. The monoisotopic (exact) mass is 422 g/mol. The second-order valence-electron chi connectivity index (χ2n) is 9.66. The Bertz CT molecular complexity index is 423. The summed E-state index contributed by atoms with van der Waals surface area (Å²) >= 11 is 0. The highest BCUT2D eigenvalue weighted by molar-refractivity contribution is 5.69. The first-order valence-corrected chi connectivity index (χ1v) is 13.4. The number of rotatable bonds is 16. The van der Waals surface area contributed by atoms with Gasteiger partial charge in [-0.05, 0) is 58.2 Å². The van der Waals surface area contributed by atoms with E-state index in [1.54, 1.807) is 0 Å². The van der Waals surface area contributed by atoms with Crippen molar-refractivity contribution in [1.82, 2.24) is 10.2 Å². The molecule has 2 rings (SSSR count). The van der Waals surface area contributed by atoms with Gasteiger partial charge in [-0.3, -0.25) is 9.69 Å². The summed E-state index contributed by atoms with van der Waals surface area (Å²) < 4.78 is 5.59. The molecule has 4 heteroatoms. The van der Waals surface area contributed by atoms with Crippen molar-refractivity contribution in [3.8, 4) is 0 Å². The van der Waals surface area contributed by atoms with Crippen LogP contribution in [-0.2, 0) is 9.53 Å². The summed E-state index contributed by atoms with van der Waals surface area (Å²) in [5, 5.41) is 3.48. The Kier molecular flexibility index (Phi) is 14.5. The van der Waals surface area contributed by atoms with E-state index in [-0.39, 0.29) is 5.97 Å². The second kappa shape index (κ2) is 17.0. The van der Waals surface area contributed by atoms with E-state index >= 15 is 0 Å². The van der Waals surface area contributed by atoms with Crippen molar-refractivity contribution in [3.05, 3.63) is 0 Å². The molecule has 176 valence electrons. The van der Waals surface area contributed by atoms with Crippen molar-refractivity contribution < 1.29 is 9.53 Å². The van der Waals surface area contributed by atoms with Gasteiger partial charge in [0.05, 0.1) is 6.61 Å². The van der Waals surface area contributed by atoms with Gasteiger partial charge in [0.2, 0.25) is 0 Å². The lowest BCUT2D eigenvalue weighted by Gasteiger charge is -2.43. The number of nitrogens with zero attached hydrogens (tertiary/aromatic N) is 1.